The van der Waals surface area contributed by atoms with E-state index in [0.717, 1.165) is 31.7 Å². The Bertz CT molecular complexity index is 619. The molecule has 3 rings (SSSR count). The standard InChI is InChI=1S/C17H22N2O3/c1-2-6-22-12-15(20)11-18-8-13-7-14(10-18)16-4-3-5-17(21)19(16)9-13/h1,3-5,13-15,20H,6-12H2/t13?,14-,15?/m1/s1. The molecule has 22 heavy (non-hydrogen) atoms. The van der Waals surface area contributed by atoms with Gasteiger partial charge in [0.25, 0.3) is 5.56 Å². The van der Waals surface area contributed by atoms with E-state index in [1.54, 1.807) is 6.07 Å². The summed E-state index contributed by atoms with van der Waals surface area (Å²) in [5.74, 6) is 3.25. The maximum absolute atomic E-state index is 12.0. The van der Waals surface area contributed by atoms with Crippen LogP contribution in [0.1, 0.15) is 18.0 Å². The molecule has 5 heteroatoms. The van der Waals surface area contributed by atoms with Crippen LogP contribution in [0.3, 0.4) is 0 Å². The molecule has 1 N–H and O–H groups in total. The zero-order chi connectivity index (χ0) is 15.5. The second-order valence-electron chi connectivity index (χ2n) is 6.29. The van der Waals surface area contributed by atoms with Gasteiger partial charge in [-0.15, -0.1) is 6.42 Å². The topological polar surface area (TPSA) is 54.7 Å². The van der Waals surface area contributed by atoms with Crippen LogP contribution in [0.15, 0.2) is 23.0 Å². The van der Waals surface area contributed by atoms with Crippen LogP contribution in [-0.4, -0.2) is 53.5 Å². The molecular formula is C17H22N2O3. The van der Waals surface area contributed by atoms with Gasteiger partial charge in [0.2, 0.25) is 0 Å². The lowest BCUT2D eigenvalue weighted by atomic mass is 9.83. The van der Waals surface area contributed by atoms with Gasteiger partial charge in [-0.05, 0) is 18.4 Å². The summed E-state index contributed by atoms with van der Waals surface area (Å²) in [5, 5.41) is 10.0. The third-order valence-electron chi connectivity index (χ3n) is 4.52. The summed E-state index contributed by atoms with van der Waals surface area (Å²) in [6.45, 7) is 3.68. The molecule has 3 atom stereocenters. The number of aliphatic hydroxyl groups is 1. The van der Waals surface area contributed by atoms with E-state index >= 15 is 0 Å². The molecule has 1 aromatic rings. The average Bonchev–Trinajstić information content (AvgIpc) is 2.48. The summed E-state index contributed by atoms with van der Waals surface area (Å²) in [5.41, 5.74) is 1.23. The minimum atomic E-state index is -0.523. The molecule has 0 saturated carbocycles. The molecule has 2 aliphatic heterocycles. The van der Waals surface area contributed by atoms with Crippen molar-refractivity contribution in [2.45, 2.75) is 25.0 Å². The lowest BCUT2D eigenvalue weighted by Gasteiger charge is -2.43. The fraction of sp³-hybridized carbons (Fsp3) is 0.588. The van der Waals surface area contributed by atoms with E-state index in [-0.39, 0.29) is 18.8 Å². The van der Waals surface area contributed by atoms with Crippen LogP contribution in [0.2, 0.25) is 0 Å². The summed E-state index contributed by atoms with van der Waals surface area (Å²) >= 11 is 0. The van der Waals surface area contributed by atoms with E-state index in [1.165, 1.54) is 0 Å². The maximum atomic E-state index is 12.0. The lowest BCUT2D eigenvalue weighted by Crippen LogP contribution is -2.49. The molecule has 0 spiro atoms. The first-order valence-electron chi connectivity index (χ1n) is 7.78. The van der Waals surface area contributed by atoms with E-state index in [0.29, 0.717) is 18.4 Å². The van der Waals surface area contributed by atoms with Crippen LogP contribution in [0.4, 0.5) is 0 Å². The summed E-state index contributed by atoms with van der Waals surface area (Å²) in [4.78, 5) is 14.3. The number of likely N-dealkylation sites (tertiary alicyclic amines) is 1. The van der Waals surface area contributed by atoms with Gasteiger partial charge in [0.1, 0.15) is 6.61 Å². The van der Waals surface area contributed by atoms with E-state index in [1.807, 2.05) is 10.6 Å². The molecule has 1 fully saturated rings. The molecule has 0 amide bonds. The summed E-state index contributed by atoms with van der Waals surface area (Å²) < 4.78 is 7.11. The fourth-order valence-electron chi connectivity index (χ4n) is 3.75. The van der Waals surface area contributed by atoms with Crippen molar-refractivity contribution in [1.82, 2.24) is 9.47 Å². The predicted molar refractivity (Wildman–Crippen MR) is 83.6 cm³/mol. The number of β-amino-alcohol motifs (C(OH)–C–C–N with tert-alkyl or cyclic N) is 1. The van der Waals surface area contributed by atoms with Crippen molar-refractivity contribution in [3.05, 3.63) is 34.2 Å². The monoisotopic (exact) mass is 302 g/mol. The highest BCUT2D eigenvalue weighted by atomic mass is 16.5. The Morgan fingerprint density at radius 2 is 2.27 bits per heavy atom. The Hall–Kier alpha value is -1.61. The molecule has 118 valence electrons. The lowest BCUT2D eigenvalue weighted by molar-refractivity contribution is 0.0112. The number of pyridine rings is 1. The Kier molecular flexibility index (Phi) is 4.63. The first kappa shape index (κ1) is 15.3. The van der Waals surface area contributed by atoms with Gasteiger partial charge in [0.05, 0.1) is 12.7 Å². The van der Waals surface area contributed by atoms with Gasteiger partial charge in [-0.1, -0.05) is 12.0 Å². The molecule has 2 unspecified atom stereocenters. The molecule has 3 heterocycles. The zero-order valence-electron chi connectivity index (χ0n) is 12.6. The number of hydrogen-bond acceptors (Lipinski definition) is 4. The van der Waals surface area contributed by atoms with Crippen molar-refractivity contribution in [3.63, 3.8) is 0 Å². The molecule has 0 radical (unpaired) electrons. The Balaban J connectivity index is 1.64. The van der Waals surface area contributed by atoms with E-state index < -0.39 is 6.10 Å². The number of rotatable bonds is 5. The van der Waals surface area contributed by atoms with Gasteiger partial charge >= 0.3 is 0 Å². The third kappa shape index (κ3) is 3.25. The van der Waals surface area contributed by atoms with Crippen LogP contribution in [0.5, 0.6) is 0 Å². The smallest absolute Gasteiger partial charge is 0.250 e. The van der Waals surface area contributed by atoms with Crippen molar-refractivity contribution in [2.24, 2.45) is 5.92 Å². The largest absolute Gasteiger partial charge is 0.389 e. The molecule has 0 aromatic carbocycles. The van der Waals surface area contributed by atoms with Crippen LogP contribution in [0, 0.1) is 18.3 Å². The minimum Gasteiger partial charge on any atom is -0.389 e. The van der Waals surface area contributed by atoms with Crippen molar-refractivity contribution in [3.8, 4) is 12.3 Å². The quantitative estimate of drug-likeness (QED) is 0.627. The first-order chi connectivity index (χ1) is 10.7. The highest BCUT2D eigenvalue weighted by molar-refractivity contribution is 5.16. The van der Waals surface area contributed by atoms with Crippen molar-refractivity contribution in [1.29, 1.82) is 0 Å². The molecule has 1 saturated heterocycles. The second kappa shape index (κ2) is 6.66. The molecular weight excluding hydrogens is 280 g/mol. The number of nitrogens with zero attached hydrogens (tertiary/aromatic N) is 2. The number of hydrogen-bond donors (Lipinski definition) is 1. The number of fused-ring (bicyclic) bond motifs is 4. The zero-order valence-corrected chi connectivity index (χ0v) is 12.6. The van der Waals surface area contributed by atoms with Crippen LogP contribution in [-0.2, 0) is 11.3 Å². The van der Waals surface area contributed by atoms with E-state index in [9.17, 15) is 9.90 Å². The third-order valence-corrected chi connectivity index (χ3v) is 4.52. The number of aliphatic hydroxyl groups excluding tert-OH is 1. The predicted octanol–water partition coefficient (Wildman–Crippen LogP) is 0.278. The van der Waals surface area contributed by atoms with Crippen LogP contribution < -0.4 is 5.56 Å². The summed E-state index contributed by atoms with van der Waals surface area (Å²) in [7, 11) is 0. The van der Waals surface area contributed by atoms with Gasteiger partial charge in [-0.25, -0.2) is 0 Å². The Morgan fingerprint density at radius 3 is 3.09 bits per heavy atom. The number of ether oxygens (including phenoxy) is 1. The van der Waals surface area contributed by atoms with Crippen LogP contribution >= 0.6 is 0 Å². The highest BCUT2D eigenvalue weighted by Crippen LogP contribution is 2.34. The SMILES string of the molecule is C#CCOCC(O)CN1CC2C[C@H](C1)c1cccc(=O)n1C2. The van der Waals surface area contributed by atoms with Gasteiger partial charge in [0.15, 0.2) is 0 Å². The van der Waals surface area contributed by atoms with Crippen molar-refractivity contribution in [2.75, 3.05) is 32.8 Å². The second-order valence-corrected chi connectivity index (χ2v) is 6.29. The number of piperidine rings is 1. The van der Waals surface area contributed by atoms with Gasteiger partial charge < -0.3 is 14.4 Å². The van der Waals surface area contributed by atoms with Gasteiger partial charge in [0, 0.05) is 43.9 Å². The van der Waals surface area contributed by atoms with Gasteiger partial charge in [-0.3, -0.25) is 9.69 Å². The molecule has 1 aromatic heterocycles. The van der Waals surface area contributed by atoms with Crippen molar-refractivity contribution >= 4 is 0 Å². The summed E-state index contributed by atoms with van der Waals surface area (Å²) in [6.07, 6.45) is 5.73. The van der Waals surface area contributed by atoms with Crippen molar-refractivity contribution < 1.29 is 9.84 Å². The van der Waals surface area contributed by atoms with E-state index in [2.05, 4.69) is 16.9 Å². The summed E-state index contributed by atoms with van der Waals surface area (Å²) in [6, 6.07) is 5.53. The number of terminal acetylenes is 1. The minimum absolute atomic E-state index is 0.100. The normalized spacial score (nSPS) is 25.3. The van der Waals surface area contributed by atoms with Gasteiger partial charge in [-0.2, -0.15) is 0 Å². The van der Waals surface area contributed by atoms with Crippen LogP contribution in [0.25, 0.3) is 0 Å². The first-order valence-corrected chi connectivity index (χ1v) is 7.78. The fourth-order valence-corrected chi connectivity index (χ4v) is 3.75. The molecule has 0 aliphatic carbocycles. The Labute approximate surface area is 130 Å². The van der Waals surface area contributed by atoms with E-state index in [4.69, 9.17) is 11.2 Å². The maximum Gasteiger partial charge on any atom is 0.250 e. The molecule has 2 bridgehead atoms. The molecule has 5 nitrogen and oxygen atoms in total. The number of aromatic nitrogens is 1. The Morgan fingerprint density at radius 1 is 1.41 bits per heavy atom. The highest BCUT2D eigenvalue weighted by Gasteiger charge is 2.34. The average molecular weight is 302 g/mol. The molecule has 2 aliphatic rings.